The highest BCUT2D eigenvalue weighted by molar-refractivity contribution is 7.48. The van der Waals surface area contributed by atoms with E-state index in [9.17, 15) is 14.0 Å². The van der Waals surface area contributed by atoms with Crippen molar-refractivity contribution in [1.82, 2.24) is 0 Å². The molecular formula is C34H52O10P2. The summed E-state index contributed by atoms with van der Waals surface area (Å²) >= 11 is 0. The van der Waals surface area contributed by atoms with Crippen molar-refractivity contribution in [2.24, 2.45) is 5.92 Å². The molecule has 3 rings (SSSR count). The predicted molar refractivity (Wildman–Crippen MR) is 182 cm³/mol. The Morgan fingerprint density at radius 3 is 1.41 bits per heavy atom. The van der Waals surface area contributed by atoms with E-state index in [-0.39, 0.29) is 18.1 Å². The lowest BCUT2D eigenvalue weighted by Crippen LogP contribution is -2.19. The SMILES string of the molecule is CC(C)(OO)c1ccccc1.CC(C)CCCCCCCCCCOP(=O)(O)O.O=P(O)(Oc1ccccc1)Oc1ccccc1. The van der Waals surface area contributed by atoms with Gasteiger partial charge in [0, 0.05) is 0 Å². The number of para-hydroxylation sites is 2. The molecule has 0 amide bonds. The van der Waals surface area contributed by atoms with Crippen LogP contribution in [0.4, 0.5) is 0 Å². The fourth-order valence-corrected chi connectivity index (χ4v) is 5.22. The molecule has 0 aliphatic rings. The summed E-state index contributed by atoms with van der Waals surface area (Å²) < 4.78 is 36.2. The Balaban J connectivity index is 0.000000355. The molecule has 0 aliphatic heterocycles. The molecule has 4 N–H and O–H groups in total. The van der Waals surface area contributed by atoms with Gasteiger partial charge in [0.05, 0.1) is 6.61 Å². The van der Waals surface area contributed by atoms with Crippen molar-refractivity contribution < 1.29 is 47.5 Å². The van der Waals surface area contributed by atoms with E-state index in [1.165, 1.54) is 38.5 Å². The van der Waals surface area contributed by atoms with E-state index >= 15 is 0 Å². The minimum absolute atomic E-state index is 0.165. The fourth-order valence-electron chi connectivity index (χ4n) is 4.04. The third-order valence-corrected chi connectivity index (χ3v) is 7.96. The first-order chi connectivity index (χ1) is 21.7. The van der Waals surface area contributed by atoms with Gasteiger partial charge in [-0.1, -0.05) is 132 Å². The van der Waals surface area contributed by atoms with E-state index in [0.29, 0.717) is 0 Å². The standard InChI is InChI=1S/C13H29O4P.C12H11O4P.C9H12O2/c1-13(2)11-9-7-5-3-4-6-8-10-12-17-18(14,15)16;13-17(14,15-11-7-3-1-4-8-11)16-12-9-5-2-6-10-12;1-9(2,11-10)8-6-4-3-5-7-8/h13H,3-12H2,1-2H3,(H2,14,15,16);1-10H,(H,13,14);3-7,10H,1-2H3. The monoisotopic (exact) mass is 682 g/mol. The fraction of sp³-hybridized carbons (Fsp3) is 0.471. The van der Waals surface area contributed by atoms with Crippen molar-refractivity contribution in [3.8, 4) is 11.5 Å². The van der Waals surface area contributed by atoms with Crippen LogP contribution in [0.25, 0.3) is 0 Å². The number of rotatable bonds is 18. The van der Waals surface area contributed by atoms with Crippen LogP contribution in [-0.4, -0.2) is 26.5 Å². The Morgan fingerprint density at radius 2 is 1.02 bits per heavy atom. The van der Waals surface area contributed by atoms with Gasteiger partial charge in [-0.15, -0.1) is 0 Å². The highest BCUT2D eigenvalue weighted by Crippen LogP contribution is 2.44. The molecule has 0 saturated heterocycles. The maximum absolute atomic E-state index is 11.7. The molecule has 258 valence electrons. The smallest absolute Gasteiger partial charge is 0.395 e. The van der Waals surface area contributed by atoms with Gasteiger partial charge >= 0.3 is 15.6 Å². The average Bonchev–Trinajstić information content (AvgIpc) is 3.01. The number of benzene rings is 3. The number of unbranched alkanes of at least 4 members (excludes halogenated alkanes) is 7. The van der Waals surface area contributed by atoms with Gasteiger partial charge in [0.2, 0.25) is 0 Å². The summed E-state index contributed by atoms with van der Waals surface area (Å²) in [6.07, 6.45) is 10.7. The second kappa shape index (κ2) is 22.9. The summed E-state index contributed by atoms with van der Waals surface area (Å²) in [6, 6.07) is 26.3. The lowest BCUT2D eigenvalue weighted by atomic mass is 9.99. The molecule has 0 unspecified atom stereocenters. The summed E-state index contributed by atoms with van der Waals surface area (Å²) in [5.74, 6) is 1.39. The van der Waals surface area contributed by atoms with Crippen LogP contribution in [0.2, 0.25) is 0 Å². The first kappa shape index (κ1) is 41.5. The third kappa shape index (κ3) is 22.1. The molecule has 0 radical (unpaired) electrons. The van der Waals surface area contributed by atoms with Gasteiger partial charge in [0.25, 0.3) is 0 Å². The van der Waals surface area contributed by atoms with Crippen molar-refractivity contribution in [3.05, 3.63) is 96.6 Å². The quantitative estimate of drug-likeness (QED) is 0.0441. The van der Waals surface area contributed by atoms with E-state index in [2.05, 4.69) is 23.3 Å². The van der Waals surface area contributed by atoms with E-state index < -0.39 is 21.2 Å². The highest BCUT2D eigenvalue weighted by Gasteiger charge is 2.24. The summed E-state index contributed by atoms with van der Waals surface area (Å²) in [7, 11) is -8.38. The number of phosphoric ester groups is 2. The topological polar surface area (TPSA) is 152 Å². The van der Waals surface area contributed by atoms with Gasteiger partial charge in [0.15, 0.2) is 0 Å². The molecule has 0 heterocycles. The minimum Gasteiger partial charge on any atom is -0.395 e. The van der Waals surface area contributed by atoms with Gasteiger partial charge in [-0.25, -0.2) is 14.0 Å². The normalized spacial score (nSPS) is 11.6. The summed E-state index contributed by atoms with van der Waals surface area (Å²) in [4.78, 5) is 30.8. The predicted octanol–water partition coefficient (Wildman–Crippen LogP) is 9.92. The average molecular weight is 683 g/mol. The van der Waals surface area contributed by atoms with Crippen molar-refractivity contribution in [2.45, 2.75) is 91.1 Å². The van der Waals surface area contributed by atoms with E-state index in [4.69, 9.17) is 24.1 Å². The number of phosphoric acid groups is 2. The zero-order chi connectivity index (χ0) is 34.3. The molecule has 0 bridgehead atoms. The Hall–Kier alpha value is -2.52. The number of hydrogen-bond donors (Lipinski definition) is 4. The highest BCUT2D eigenvalue weighted by atomic mass is 31.2. The van der Waals surface area contributed by atoms with E-state index in [1.807, 2.05) is 44.2 Å². The van der Waals surface area contributed by atoms with Crippen molar-refractivity contribution in [3.63, 3.8) is 0 Å². The van der Waals surface area contributed by atoms with Crippen molar-refractivity contribution >= 4 is 15.6 Å². The molecule has 3 aromatic rings. The van der Waals surface area contributed by atoms with Gasteiger partial charge in [0.1, 0.15) is 17.1 Å². The Morgan fingerprint density at radius 1 is 0.630 bits per heavy atom. The molecule has 0 atom stereocenters. The third-order valence-electron chi connectivity index (χ3n) is 6.56. The maximum atomic E-state index is 11.7. The molecule has 12 heteroatoms. The summed E-state index contributed by atoms with van der Waals surface area (Å²) in [5, 5.41) is 8.55. The van der Waals surface area contributed by atoms with Gasteiger partial charge in [-0.05, 0) is 56.0 Å². The molecule has 0 fully saturated rings. The largest absolute Gasteiger partial charge is 0.584 e. The van der Waals surface area contributed by atoms with Gasteiger partial charge in [-0.3, -0.25) is 14.7 Å². The van der Waals surface area contributed by atoms with Crippen LogP contribution in [0.3, 0.4) is 0 Å². The lowest BCUT2D eigenvalue weighted by Gasteiger charge is -2.20. The Labute approximate surface area is 274 Å². The van der Waals surface area contributed by atoms with Crippen molar-refractivity contribution in [2.75, 3.05) is 6.61 Å². The van der Waals surface area contributed by atoms with Crippen LogP contribution >= 0.6 is 15.6 Å². The molecule has 0 spiro atoms. The molecule has 46 heavy (non-hydrogen) atoms. The number of hydrogen-bond acceptors (Lipinski definition) is 7. The first-order valence-electron chi connectivity index (χ1n) is 15.6. The van der Waals surface area contributed by atoms with Crippen LogP contribution in [0.1, 0.15) is 91.0 Å². The van der Waals surface area contributed by atoms with Crippen LogP contribution < -0.4 is 9.05 Å². The van der Waals surface area contributed by atoms with Gasteiger partial charge < -0.3 is 18.8 Å². The first-order valence-corrected chi connectivity index (χ1v) is 18.7. The Kier molecular flexibility index (Phi) is 20.7. The minimum atomic E-state index is -4.25. The molecule has 0 saturated carbocycles. The molecular weight excluding hydrogens is 630 g/mol. The van der Waals surface area contributed by atoms with Crippen molar-refractivity contribution in [1.29, 1.82) is 0 Å². The second-order valence-corrected chi connectivity index (χ2v) is 14.1. The summed E-state index contributed by atoms with van der Waals surface area (Å²) in [6.45, 7) is 8.31. The van der Waals surface area contributed by atoms with Gasteiger partial charge in [-0.2, -0.15) is 0 Å². The Bertz CT molecular complexity index is 1210. The molecule has 3 aromatic carbocycles. The molecule has 10 nitrogen and oxygen atoms in total. The molecule has 0 aromatic heterocycles. The van der Waals surface area contributed by atoms with Crippen LogP contribution in [0, 0.1) is 5.92 Å². The zero-order valence-corrected chi connectivity index (χ0v) is 29.2. The van der Waals surface area contributed by atoms with E-state index in [0.717, 1.165) is 30.7 Å². The van der Waals surface area contributed by atoms with E-state index in [1.54, 1.807) is 60.7 Å². The summed E-state index contributed by atoms with van der Waals surface area (Å²) in [5.41, 5.74) is 0.351. The van der Waals surface area contributed by atoms with Crippen LogP contribution in [0.5, 0.6) is 11.5 Å². The zero-order valence-electron chi connectivity index (χ0n) is 27.4. The maximum Gasteiger partial charge on any atom is 0.584 e. The second-order valence-electron chi connectivity index (χ2n) is 11.6. The molecule has 0 aliphatic carbocycles. The lowest BCUT2D eigenvalue weighted by molar-refractivity contribution is -0.318. The van der Waals surface area contributed by atoms with Crippen LogP contribution in [0.15, 0.2) is 91.0 Å². The van der Waals surface area contributed by atoms with Crippen LogP contribution in [-0.2, 0) is 24.1 Å².